The lowest BCUT2D eigenvalue weighted by atomic mass is 10.2. The summed E-state index contributed by atoms with van der Waals surface area (Å²) in [5.74, 6) is -0.439. The van der Waals surface area contributed by atoms with Gasteiger partial charge in [0.05, 0.1) is 6.10 Å². The van der Waals surface area contributed by atoms with Crippen molar-refractivity contribution >= 4 is 11.8 Å². The molecule has 1 unspecified atom stereocenters. The summed E-state index contributed by atoms with van der Waals surface area (Å²) in [5.41, 5.74) is 0.0291. The monoisotopic (exact) mass is 224 g/mol. The molecule has 0 aliphatic heterocycles. The zero-order valence-electron chi connectivity index (χ0n) is 9.42. The fraction of sp³-hybridized carbons (Fsp3) is 0.455. The van der Waals surface area contributed by atoms with Gasteiger partial charge in [0.25, 0.3) is 0 Å². The first-order valence-electron chi connectivity index (χ1n) is 5.10. The van der Waals surface area contributed by atoms with E-state index in [2.05, 4.69) is 4.98 Å². The molecule has 5 nitrogen and oxygen atoms in total. The van der Waals surface area contributed by atoms with Gasteiger partial charge in [0.2, 0.25) is 0 Å². The lowest BCUT2D eigenvalue weighted by Crippen LogP contribution is -2.23. The standard InChI is InChI=1S/C11H16N2O3/c1-8(14)6-7-13(2)10-5-3-4-9(12-10)11(15)16/h3-5,8,14H,6-7H2,1-2H3,(H,15,16). The number of pyridine rings is 1. The second-order valence-electron chi connectivity index (χ2n) is 3.75. The van der Waals surface area contributed by atoms with Crippen LogP contribution in [0.15, 0.2) is 18.2 Å². The van der Waals surface area contributed by atoms with Gasteiger partial charge in [-0.05, 0) is 25.5 Å². The first-order chi connectivity index (χ1) is 7.50. The molecule has 2 N–H and O–H groups in total. The van der Waals surface area contributed by atoms with E-state index in [1.807, 2.05) is 11.9 Å². The summed E-state index contributed by atoms with van der Waals surface area (Å²) in [6, 6.07) is 4.85. The fourth-order valence-electron chi connectivity index (χ4n) is 1.25. The van der Waals surface area contributed by atoms with Gasteiger partial charge in [-0.15, -0.1) is 0 Å². The predicted octanol–water partition coefficient (Wildman–Crippen LogP) is 0.987. The van der Waals surface area contributed by atoms with Crippen LogP contribution in [-0.2, 0) is 0 Å². The summed E-state index contributed by atoms with van der Waals surface area (Å²) < 4.78 is 0. The molecular weight excluding hydrogens is 208 g/mol. The van der Waals surface area contributed by atoms with Gasteiger partial charge in [0.1, 0.15) is 5.82 Å². The van der Waals surface area contributed by atoms with E-state index in [1.54, 1.807) is 19.1 Å². The van der Waals surface area contributed by atoms with Crippen LogP contribution in [0.25, 0.3) is 0 Å². The van der Waals surface area contributed by atoms with Gasteiger partial charge in [0, 0.05) is 13.6 Å². The average molecular weight is 224 g/mol. The summed E-state index contributed by atoms with van der Waals surface area (Å²) in [6.07, 6.45) is 0.250. The Morgan fingerprint density at radius 1 is 1.56 bits per heavy atom. The van der Waals surface area contributed by atoms with Crippen molar-refractivity contribution in [2.45, 2.75) is 19.4 Å². The highest BCUT2D eigenvalue weighted by molar-refractivity contribution is 5.85. The molecule has 0 amide bonds. The van der Waals surface area contributed by atoms with Gasteiger partial charge in [0.15, 0.2) is 5.69 Å². The highest BCUT2D eigenvalue weighted by Gasteiger charge is 2.08. The number of aromatic carboxylic acids is 1. The van der Waals surface area contributed by atoms with Gasteiger partial charge in [-0.1, -0.05) is 6.07 Å². The topological polar surface area (TPSA) is 73.7 Å². The minimum absolute atomic E-state index is 0.0291. The van der Waals surface area contributed by atoms with E-state index in [-0.39, 0.29) is 11.8 Å². The van der Waals surface area contributed by atoms with Crippen molar-refractivity contribution in [1.29, 1.82) is 0 Å². The third-order valence-corrected chi connectivity index (χ3v) is 2.23. The highest BCUT2D eigenvalue weighted by atomic mass is 16.4. The summed E-state index contributed by atoms with van der Waals surface area (Å²) in [6.45, 7) is 2.35. The van der Waals surface area contributed by atoms with Gasteiger partial charge in [-0.25, -0.2) is 9.78 Å². The Morgan fingerprint density at radius 2 is 2.25 bits per heavy atom. The summed E-state index contributed by atoms with van der Waals surface area (Å²) >= 11 is 0. The van der Waals surface area contributed by atoms with Crippen LogP contribution in [0, 0.1) is 0 Å². The van der Waals surface area contributed by atoms with Crippen LogP contribution in [0.2, 0.25) is 0 Å². The maximum atomic E-state index is 10.7. The van der Waals surface area contributed by atoms with Crippen LogP contribution in [0.1, 0.15) is 23.8 Å². The van der Waals surface area contributed by atoms with E-state index in [0.29, 0.717) is 18.8 Å². The first-order valence-corrected chi connectivity index (χ1v) is 5.10. The van der Waals surface area contributed by atoms with Crippen LogP contribution in [0.4, 0.5) is 5.82 Å². The number of hydrogen-bond acceptors (Lipinski definition) is 4. The number of nitrogens with zero attached hydrogens (tertiary/aromatic N) is 2. The fourth-order valence-corrected chi connectivity index (χ4v) is 1.25. The number of aliphatic hydroxyl groups is 1. The number of hydrogen-bond donors (Lipinski definition) is 2. The SMILES string of the molecule is CC(O)CCN(C)c1cccc(C(=O)O)n1. The van der Waals surface area contributed by atoms with Crippen molar-refractivity contribution in [3.05, 3.63) is 23.9 Å². The molecular formula is C11H16N2O3. The summed E-state index contributed by atoms with van der Waals surface area (Å²) in [5, 5.41) is 17.9. The smallest absolute Gasteiger partial charge is 0.354 e. The van der Waals surface area contributed by atoms with Gasteiger partial charge < -0.3 is 15.1 Å². The van der Waals surface area contributed by atoms with E-state index in [1.165, 1.54) is 6.07 Å². The van der Waals surface area contributed by atoms with Crippen LogP contribution in [0.3, 0.4) is 0 Å². The molecule has 0 fully saturated rings. The Labute approximate surface area is 94.4 Å². The zero-order chi connectivity index (χ0) is 12.1. The second kappa shape index (κ2) is 5.46. The minimum atomic E-state index is -1.04. The molecule has 0 aromatic carbocycles. The van der Waals surface area contributed by atoms with Crippen LogP contribution >= 0.6 is 0 Å². The molecule has 5 heteroatoms. The highest BCUT2D eigenvalue weighted by Crippen LogP contribution is 2.10. The van der Waals surface area contributed by atoms with Crippen molar-refractivity contribution in [2.75, 3.05) is 18.5 Å². The summed E-state index contributed by atoms with van der Waals surface area (Å²) in [7, 11) is 1.82. The maximum absolute atomic E-state index is 10.7. The molecule has 0 aliphatic rings. The number of aliphatic hydroxyl groups excluding tert-OH is 1. The Morgan fingerprint density at radius 3 is 2.81 bits per heavy atom. The van der Waals surface area contributed by atoms with Crippen LogP contribution in [0.5, 0.6) is 0 Å². The normalized spacial score (nSPS) is 12.2. The Kier molecular flexibility index (Phi) is 4.25. The Balaban J connectivity index is 2.71. The number of carboxylic acid groups (broad SMARTS) is 1. The molecule has 0 aliphatic carbocycles. The summed E-state index contributed by atoms with van der Waals surface area (Å²) in [4.78, 5) is 16.5. The van der Waals surface area contributed by atoms with Gasteiger partial charge in [-0.2, -0.15) is 0 Å². The molecule has 1 aromatic heterocycles. The molecule has 0 radical (unpaired) electrons. The molecule has 88 valence electrons. The van der Waals surface area contributed by atoms with E-state index in [0.717, 1.165) is 0 Å². The van der Waals surface area contributed by atoms with E-state index < -0.39 is 5.97 Å². The largest absolute Gasteiger partial charge is 0.477 e. The zero-order valence-corrected chi connectivity index (χ0v) is 9.42. The Bertz CT molecular complexity index is 366. The maximum Gasteiger partial charge on any atom is 0.354 e. The number of anilines is 1. The number of rotatable bonds is 5. The molecule has 0 saturated carbocycles. The Hall–Kier alpha value is -1.62. The molecule has 1 rings (SSSR count). The van der Waals surface area contributed by atoms with Crippen LogP contribution < -0.4 is 4.90 Å². The molecule has 1 aromatic rings. The van der Waals surface area contributed by atoms with Gasteiger partial charge in [-0.3, -0.25) is 0 Å². The third kappa shape index (κ3) is 3.51. The van der Waals surface area contributed by atoms with E-state index in [4.69, 9.17) is 10.2 Å². The third-order valence-electron chi connectivity index (χ3n) is 2.23. The van der Waals surface area contributed by atoms with Crippen LogP contribution in [-0.4, -0.2) is 40.9 Å². The molecule has 1 atom stereocenters. The van der Waals surface area contributed by atoms with Gasteiger partial charge >= 0.3 is 5.97 Å². The molecule has 16 heavy (non-hydrogen) atoms. The van der Waals surface area contributed by atoms with Crippen molar-refractivity contribution in [3.63, 3.8) is 0 Å². The van der Waals surface area contributed by atoms with E-state index in [9.17, 15) is 4.79 Å². The van der Waals surface area contributed by atoms with Crippen molar-refractivity contribution in [3.8, 4) is 0 Å². The molecule has 1 heterocycles. The molecule has 0 bridgehead atoms. The molecule has 0 saturated heterocycles. The minimum Gasteiger partial charge on any atom is -0.477 e. The predicted molar refractivity (Wildman–Crippen MR) is 60.8 cm³/mol. The molecule has 0 spiro atoms. The lowest BCUT2D eigenvalue weighted by Gasteiger charge is -2.19. The number of carboxylic acids is 1. The quantitative estimate of drug-likeness (QED) is 0.780. The second-order valence-corrected chi connectivity index (χ2v) is 3.75. The average Bonchev–Trinajstić information content (AvgIpc) is 2.26. The first kappa shape index (κ1) is 12.4. The van der Waals surface area contributed by atoms with Crippen molar-refractivity contribution in [1.82, 2.24) is 4.98 Å². The number of carbonyl (C=O) groups is 1. The van der Waals surface area contributed by atoms with Crippen molar-refractivity contribution in [2.24, 2.45) is 0 Å². The van der Waals surface area contributed by atoms with Crippen molar-refractivity contribution < 1.29 is 15.0 Å². The van der Waals surface area contributed by atoms with E-state index >= 15 is 0 Å². The lowest BCUT2D eigenvalue weighted by molar-refractivity contribution is 0.0690. The number of aromatic nitrogens is 1.